The van der Waals surface area contributed by atoms with Gasteiger partial charge in [0.2, 0.25) is 0 Å². The van der Waals surface area contributed by atoms with Gasteiger partial charge in [0.25, 0.3) is 5.91 Å². The Balaban J connectivity index is 2.32. The molecule has 0 fully saturated rings. The number of rotatable bonds is 3. The Kier molecular flexibility index (Phi) is 3.75. The minimum atomic E-state index is -0.393. The molecule has 0 aliphatic carbocycles. The molecule has 1 amide bonds. The average Bonchev–Trinajstić information content (AvgIpc) is 2.88. The van der Waals surface area contributed by atoms with Crippen LogP contribution in [0, 0.1) is 22.7 Å². The minimum absolute atomic E-state index is 0.0864. The third-order valence-electron chi connectivity index (χ3n) is 2.72. The second kappa shape index (κ2) is 5.65. The van der Waals surface area contributed by atoms with E-state index in [1.807, 2.05) is 12.1 Å². The van der Waals surface area contributed by atoms with Crippen molar-refractivity contribution in [2.45, 2.75) is 6.54 Å². The Morgan fingerprint density at radius 1 is 1.40 bits per heavy atom. The highest BCUT2D eigenvalue weighted by molar-refractivity contribution is 5.93. The topological polar surface area (TPSA) is 121 Å². The number of carbonyl (C=O) groups is 1. The number of benzene rings is 1. The number of nitrogens with zero attached hydrogens (tertiary/aromatic N) is 4. The number of carbonyl (C=O) groups excluding carboxylic acids is 1. The standard InChI is InChI=1S/C13H10N6O/c14-5-11-12(6-15)19(8-17-11)7-9-2-1-3-10(4-9)13(20)18-16/h1-4,8H,7,16H2,(H,18,20). The lowest BCUT2D eigenvalue weighted by Crippen LogP contribution is -2.30. The zero-order chi connectivity index (χ0) is 14.5. The van der Waals surface area contributed by atoms with E-state index in [2.05, 4.69) is 10.4 Å². The third kappa shape index (κ3) is 2.48. The van der Waals surface area contributed by atoms with E-state index in [0.29, 0.717) is 12.1 Å². The maximum Gasteiger partial charge on any atom is 0.265 e. The minimum Gasteiger partial charge on any atom is -0.317 e. The van der Waals surface area contributed by atoms with Gasteiger partial charge in [0.15, 0.2) is 11.4 Å². The van der Waals surface area contributed by atoms with Crippen LogP contribution in [-0.4, -0.2) is 15.5 Å². The molecule has 3 N–H and O–H groups in total. The molecular weight excluding hydrogens is 256 g/mol. The molecule has 0 spiro atoms. The van der Waals surface area contributed by atoms with E-state index in [9.17, 15) is 4.79 Å². The molecule has 7 nitrogen and oxygen atoms in total. The van der Waals surface area contributed by atoms with Crippen LogP contribution >= 0.6 is 0 Å². The van der Waals surface area contributed by atoms with E-state index in [1.54, 1.807) is 28.8 Å². The monoisotopic (exact) mass is 266 g/mol. The van der Waals surface area contributed by atoms with Crippen LogP contribution < -0.4 is 11.3 Å². The van der Waals surface area contributed by atoms with Gasteiger partial charge in [0.1, 0.15) is 12.1 Å². The number of nitrogen functional groups attached to an aromatic ring is 1. The van der Waals surface area contributed by atoms with Gasteiger partial charge in [-0.1, -0.05) is 12.1 Å². The summed E-state index contributed by atoms with van der Waals surface area (Å²) in [6.45, 7) is 0.337. The lowest BCUT2D eigenvalue weighted by atomic mass is 10.1. The largest absolute Gasteiger partial charge is 0.317 e. The fraction of sp³-hybridized carbons (Fsp3) is 0.0769. The van der Waals surface area contributed by atoms with Crippen molar-refractivity contribution in [3.8, 4) is 12.1 Å². The maximum atomic E-state index is 11.4. The van der Waals surface area contributed by atoms with Crippen LogP contribution in [0.15, 0.2) is 30.6 Å². The van der Waals surface area contributed by atoms with Crippen LogP contribution in [0.4, 0.5) is 0 Å². The second-order valence-electron chi connectivity index (χ2n) is 3.97. The first-order chi connectivity index (χ1) is 9.69. The molecule has 2 rings (SSSR count). The molecule has 1 aromatic carbocycles. The summed E-state index contributed by atoms with van der Waals surface area (Å²) < 4.78 is 1.55. The molecule has 0 radical (unpaired) electrons. The Hall–Kier alpha value is -3.16. The van der Waals surface area contributed by atoms with Crippen molar-refractivity contribution in [1.82, 2.24) is 15.0 Å². The summed E-state index contributed by atoms with van der Waals surface area (Å²) in [5.41, 5.74) is 3.55. The normalized spacial score (nSPS) is 9.55. The molecule has 0 aliphatic rings. The molecule has 2 aromatic rings. The van der Waals surface area contributed by atoms with E-state index >= 15 is 0 Å². The summed E-state index contributed by atoms with van der Waals surface area (Å²) in [7, 11) is 0. The van der Waals surface area contributed by atoms with Gasteiger partial charge in [-0.2, -0.15) is 10.5 Å². The number of nitrogens with one attached hydrogen (secondary N) is 1. The molecule has 1 heterocycles. The summed E-state index contributed by atoms with van der Waals surface area (Å²) >= 11 is 0. The van der Waals surface area contributed by atoms with E-state index in [0.717, 1.165) is 5.56 Å². The number of hydrazine groups is 1. The first-order valence-corrected chi connectivity index (χ1v) is 5.64. The quantitative estimate of drug-likeness (QED) is 0.469. The molecule has 0 saturated heterocycles. The molecular formula is C13H10N6O. The fourth-order valence-corrected chi connectivity index (χ4v) is 1.79. The first kappa shape index (κ1) is 13.3. The Labute approximate surface area is 114 Å². The number of nitrogens with two attached hydrogens (primary N) is 1. The van der Waals surface area contributed by atoms with Crippen LogP contribution in [0.5, 0.6) is 0 Å². The van der Waals surface area contributed by atoms with Crippen molar-refractivity contribution in [3.63, 3.8) is 0 Å². The van der Waals surface area contributed by atoms with E-state index in [-0.39, 0.29) is 11.4 Å². The molecule has 7 heteroatoms. The maximum absolute atomic E-state index is 11.4. The van der Waals surface area contributed by atoms with Gasteiger partial charge in [-0.3, -0.25) is 10.2 Å². The SMILES string of the molecule is N#Cc1ncn(Cc2cccc(C(=O)NN)c2)c1C#N. The molecule has 20 heavy (non-hydrogen) atoms. The fourth-order valence-electron chi connectivity index (χ4n) is 1.79. The van der Waals surface area contributed by atoms with Gasteiger partial charge in [-0.15, -0.1) is 0 Å². The zero-order valence-electron chi connectivity index (χ0n) is 10.4. The van der Waals surface area contributed by atoms with Crippen LogP contribution in [0.1, 0.15) is 27.3 Å². The highest BCUT2D eigenvalue weighted by Crippen LogP contribution is 2.11. The summed E-state index contributed by atoms with van der Waals surface area (Å²) in [6, 6.07) is 10.6. The summed E-state index contributed by atoms with van der Waals surface area (Å²) in [4.78, 5) is 15.3. The van der Waals surface area contributed by atoms with Crippen molar-refractivity contribution in [3.05, 3.63) is 53.1 Å². The van der Waals surface area contributed by atoms with Crippen molar-refractivity contribution >= 4 is 5.91 Å². The number of aromatic nitrogens is 2. The lowest BCUT2D eigenvalue weighted by molar-refractivity contribution is 0.0953. The molecule has 0 atom stereocenters. The van der Waals surface area contributed by atoms with Crippen LogP contribution in [0.2, 0.25) is 0 Å². The van der Waals surface area contributed by atoms with E-state index < -0.39 is 5.91 Å². The average molecular weight is 266 g/mol. The molecule has 98 valence electrons. The number of nitriles is 2. The van der Waals surface area contributed by atoms with Gasteiger partial charge in [0.05, 0.1) is 6.33 Å². The lowest BCUT2D eigenvalue weighted by Gasteiger charge is -2.06. The molecule has 0 unspecified atom stereocenters. The van der Waals surface area contributed by atoms with Gasteiger partial charge in [-0.25, -0.2) is 10.8 Å². The first-order valence-electron chi connectivity index (χ1n) is 5.64. The Bertz CT molecular complexity index is 734. The van der Waals surface area contributed by atoms with Crippen molar-refractivity contribution in [2.75, 3.05) is 0 Å². The molecule has 0 saturated carbocycles. The number of imidazole rings is 1. The second-order valence-corrected chi connectivity index (χ2v) is 3.97. The van der Waals surface area contributed by atoms with Crippen molar-refractivity contribution < 1.29 is 4.79 Å². The van der Waals surface area contributed by atoms with E-state index in [1.165, 1.54) is 6.33 Å². The van der Waals surface area contributed by atoms with Gasteiger partial charge in [-0.05, 0) is 17.7 Å². The van der Waals surface area contributed by atoms with Crippen LogP contribution in [0.3, 0.4) is 0 Å². The summed E-state index contributed by atoms with van der Waals surface area (Å²) in [5, 5.41) is 17.9. The molecule has 0 aliphatic heterocycles. The Morgan fingerprint density at radius 3 is 2.85 bits per heavy atom. The number of amides is 1. The number of hydrogen-bond donors (Lipinski definition) is 2. The molecule has 1 aromatic heterocycles. The third-order valence-corrected chi connectivity index (χ3v) is 2.72. The Morgan fingerprint density at radius 2 is 2.20 bits per heavy atom. The highest BCUT2D eigenvalue weighted by atomic mass is 16.2. The van der Waals surface area contributed by atoms with Gasteiger partial charge in [0, 0.05) is 12.1 Å². The van der Waals surface area contributed by atoms with Crippen LogP contribution in [-0.2, 0) is 6.54 Å². The van der Waals surface area contributed by atoms with Gasteiger partial charge >= 0.3 is 0 Å². The van der Waals surface area contributed by atoms with Crippen molar-refractivity contribution in [1.29, 1.82) is 10.5 Å². The number of hydrogen-bond acceptors (Lipinski definition) is 5. The van der Waals surface area contributed by atoms with Gasteiger partial charge < -0.3 is 4.57 Å². The zero-order valence-corrected chi connectivity index (χ0v) is 10.4. The van der Waals surface area contributed by atoms with Crippen molar-refractivity contribution in [2.24, 2.45) is 5.84 Å². The highest BCUT2D eigenvalue weighted by Gasteiger charge is 2.11. The summed E-state index contributed by atoms with van der Waals surface area (Å²) in [6.07, 6.45) is 1.42. The summed E-state index contributed by atoms with van der Waals surface area (Å²) in [5.74, 6) is 4.69. The van der Waals surface area contributed by atoms with E-state index in [4.69, 9.17) is 16.4 Å². The predicted molar refractivity (Wildman–Crippen MR) is 68.9 cm³/mol. The predicted octanol–water partition coefficient (Wildman–Crippen LogP) is 0.278. The van der Waals surface area contributed by atoms with Crippen LogP contribution in [0.25, 0.3) is 0 Å². The smallest absolute Gasteiger partial charge is 0.265 e. The molecule has 0 bridgehead atoms.